The standard InChI is InChI=1S/C15H27N3O3/c1-14(2,3)12-9-11(17-18(12)7-8-21-6)13(20)16-15(4,5)10-19/h9,19H,7-8,10H2,1-6H3,(H,16,20). The van der Waals surface area contributed by atoms with Crippen molar-refractivity contribution in [1.82, 2.24) is 15.1 Å². The number of ether oxygens (including phenoxy) is 1. The molecule has 0 atom stereocenters. The number of methoxy groups -OCH3 is 1. The van der Waals surface area contributed by atoms with E-state index in [0.717, 1.165) is 5.69 Å². The number of nitrogens with zero attached hydrogens (tertiary/aromatic N) is 2. The second kappa shape index (κ2) is 6.58. The van der Waals surface area contributed by atoms with Crippen molar-refractivity contribution in [3.05, 3.63) is 17.5 Å². The molecule has 0 aliphatic carbocycles. The maximum absolute atomic E-state index is 12.3. The van der Waals surface area contributed by atoms with Crippen LogP contribution in [-0.4, -0.2) is 46.7 Å². The van der Waals surface area contributed by atoms with Crippen LogP contribution in [0.25, 0.3) is 0 Å². The van der Waals surface area contributed by atoms with Gasteiger partial charge in [-0.1, -0.05) is 20.8 Å². The van der Waals surface area contributed by atoms with Crippen LogP contribution in [0.3, 0.4) is 0 Å². The highest BCUT2D eigenvalue weighted by molar-refractivity contribution is 5.92. The minimum atomic E-state index is -0.671. The fraction of sp³-hybridized carbons (Fsp3) is 0.733. The first-order valence-corrected chi connectivity index (χ1v) is 7.11. The molecule has 1 aromatic rings. The van der Waals surface area contributed by atoms with E-state index < -0.39 is 5.54 Å². The van der Waals surface area contributed by atoms with E-state index in [9.17, 15) is 9.90 Å². The Kier molecular flexibility index (Phi) is 5.53. The molecule has 0 saturated carbocycles. The number of aliphatic hydroxyl groups excluding tert-OH is 1. The second-order valence-corrected chi connectivity index (χ2v) is 6.88. The molecule has 0 aliphatic heterocycles. The van der Waals surface area contributed by atoms with Crippen molar-refractivity contribution in [3.63, 3.8) is 0 Å². The lowest BCUT2D eigenvalue weighted by Gasteiger charge is -2.22. The van der Waals surface area contributed by atoms with Crippen LogP contribution in [0.4, 0.5) is 0 Å². The van der Waals surface area contributed by atoms with Crippen LogP contribution in [-0.2, 0) is 16.7 Å². The van der Waals surface area contributed by atoms with E-state index in [0.29, 0.717) is 18.8 Å². The van der Waals surface area contributed by atoms with Gasteiger partial charge >= 0.3 is 0 Å². The second-order valence-electron chi connectivity index (χ2n) is 6.88. The van der Waals surface area contributed by atoms with Gasteiger partial charge in [0.25, 0.3) is 5.91 Å². The Morgan fingerprint density at radius 1 is 1.38 bits per heavy atom. The maximum atomic E-state index is 12.3. The highest BCUT2D eigenvalue weighted by Crippen LogP contribution is 2.23. The Morgan fingerprint density at radius 3 is 2.48 bits per heavy atom. The summed E-state index contributed by atoms with van der Waals surface area (Å²) in [6.45, 7) is 10.8. The first-order valence-electron chi connectivity index (χ1n) is 7.11. The van der Waals surface area contributed by atoms with E-state index in [-0.39, 0.29) is 17.9 Å². The van der Waals surface area contributed by atoms with Crippen molar-refractivity contribution in [2.24, 2.45) is 0 Å². The van der Waals surface area contributed by atoms with Crippen LogP contribution in [0, 0.1) is 0 Å². The number of aliphatic hydroxyl groups is 1. The van der Waals surface area contributed by atoms with E-state index in [1.807, 2.05) is 4.68 Å². The fourth-order valence-corrected chi connectivity index (χ4v) is 1.89. The summed E-state index contributed by atoms with van der Waals surface area (Å²) in [6, 6.07) is 1.80. The zero-order valence-corrected chi connectivity index (χ0v) is 13.9. The van der Waals surface area contributed by atoms with E-state index in [1.54, 1.807) is 27.0 Å². The highest BCUT2D eigenvalue weighted by atomic mass is 16.5. The van der Waals surface area contributed by atoms with Crippen molar-refractivity contribution >= 4 is 5.91 Å². The van der Waals surface area contributed by atoms with Crippen molar-refractivity contribution < 1.29 is 14.6 Å². The Balaban J connectivity index is 3.04. The summed E-state index contributed by atoms with van der Waals surface area (Å²) in [6.07, 6.45) is 0. The monoisotopic (exact) mass is 297 g/mol. The molecule has 0 fully saturated rings. The summed E-state index contributed by atoms with van der Waals surface area (Å²) in [5, 5.41) is 16.4. The van der Waals surface area contributed by atoms with Gasteiger partial charge in [-0.2, -0.15) is 5.10 Å². The Hall–Kier alpha value is -1.40. The molecule has 1 rings (SSSR count). The Bertz CT molecular complexity index is 487. The number of hydrogen-bond donors (Lipinski definition) is 2. The average molecular weight is 297 g/mol. The van der Waals surface area contributed by atoms with Gasteiger partial charge in [0.2, 0.25) is 0 Å². The summed E-state index contributed by atoms with van der Waals surface area (Å²) in [5.41, 5.74) is 0.546. The quantitative estimate of drug-likeness (QED) is 0.830. The maximum Gasteiger partial charge on any atom is 0.272 e. The predicted octanol–water partition coefficient (Wildman–Crippen LogP) is 1.33. The lowest BCUT2D eigenvalue weighted by molar-refractivity contribution is 0.0862. The first kappa shape index (κ1) is 17.7. The van der Waals surface area contributed by atoms with Crippen molar-refractivity contribution in [2.75, 3.05) is 20.3 Å². The van der Waals surface area contributed by atoms with Gasteiger partial charge in [-0.25, -0.2) is 0 Å². The van der Waals surface area contributed by atoms with Crippen molar-refractivity contribution in [1.29, 1.82) is 0 Å². The molecule has 0 aliphatic rings. The van der Waals surface area contributed by atoms with Crippen molar-refractivity contribution in [2.45, 2.75) is 52.1 Å². The molecule has 21 heavy (non-hydrogen) atoms. The molecule has 6 heteroatoms. The third-order valence-corrected chi connectivity index (χ3v) is 3.14. The lowest BCUT2D eigenvalue weighted by atomic mass is 9.92. The van der Waals surface area contributed by atoms with Crippen LogP contribution in [0.1, 0.15) is 50.8 Å². The predicted molar refractivity (Wildman–Crippen MR) is 81.4 cm³/mol. The summed E-state index contributed by atoms with van der Waals surface area (Å²) < 4.78 is 6.90. The number of nitrogens with one attached hydrogen (secondary N) is 1. The van der Waals surface area contributed by atoms with E-state index in [2.05, 4.69) is 31.2 Å². The largest absolute Gasteiger partial charge is 0.394 e. The zero-order valence-electron chi connectivity index (χ0n) is 13.9. The van der Waals surface area contributed by atoms with Crippen LogP contribution < -0.4 is 5.32 Å². The first-order chi connectivity index (χ1) is 9.60. The highest BCUT2D eigenvalue weighted by Gasteiger charge is 2.26. The molecule has 120 valence electrons. The minimum absolute atomic E-state index is 0.119. The van der Waals surface area contributed by atoms with Gasteiger partial charge in [0.05, 0.1) is 25.3 Å². The molecular weight excluding hydrogens is 270 g/mol. The molecule has 0 aromatic carbocycles. The molecule has 1 heterocycles. The lowest BCUT2D eigenvalue weighted by Crippen LogP contribution is -2.46. The number of rotatable bonds is 6. The van der Waals surface area contributed by atoms with Gasteiger partial charge in [-0.3, -0.25) is 9.48 Å². The summed E-state index contributed by atoms with van der Waals surface area (Å²) >= 11 is 0. The van der Waals surface area contributed by atoms with Crippen LogP contribution in [0.15, 0.2) is 6.07 Å². The number of amides is 1. The van der Waals surface area contributed by atoms with Crippen molar-refractivity contribution in [3.8, 4) is 0 Å². The third kappa shape index (κ3) is 4.82. The minimum Gasteiger partial charge on any atom is -0.394 e. The Morgan fingerprint density at radius 2 is 2.00 bits per heavy atom. The van der Waals surface area contributed by atoms with E-state index >= 15 is 0 Å². The van der Waals surface area contributed by atoms with Crippen LogP contribution in [0.2, 0.25) is 0 Å². The van der Waals surface area contributed by atoms with Gasteiger partial charge < -0.3 is 15.2 Å². The molecule has 0 spiro atoms. The molecule has 0 saturated heterocycles. The summed E-state index contributed by atoms with van der Waals surface area (Å²) in [7, 11) is 1.64. The number of carbonyl (C=O) groups is 1. The van der Waals surface area contributed by atoms with Gasteiger partial charge in [0.15, 0.2) is 0 Å². The van der Waals surface area contributed by atoms with E-state index in [4.69, 9.17) is 4.74 Å². The van der Waals surface area contributed by atoms with Gasteiger partial charge in [-0.05, 0) is 19.9 Å². The number of hydrogen-bond acceptors (Lipinski definition) is 4. The average Bonchev–Trinajstić information content (AvgIpc) is 2.80. The molecule has 1 aromatic heterocycles. The molecule has 1 amide bonds. The third-order valence-electron chi connectivity index (χ3n) is 3.14. The smallest absolute Gasteiger partial charge is 0.272 e. The van der Waals surface area contributed by atoms with Gasteiger partial charge in [0.1, 0.15) is 5.69 Å². The SMILES string of the molecule is COCCn1nc(C(=O)NC(C)(C)CO)cc1C(C)(C)C. The van der Waals surface area contributed by atoms with Crippen LogP contribution >= 0.6 is 0 Å². The molecule has 0 bridgehead atoms. The molecular formula is C15H27N3O3. The fourth-order valence-electron chi connectivity index (χ4n) is 1.89. The number of aromatic nitrogens is 2. The number of carbonyl (C=O) groups excluding carboxylic acids is 1. The molecule has 0 radical (unpaired) electrons. The normalized spacial score (nSPS) is 12.5. The Labute approximate surface area is 126 Å². The summed E-state index contributed by atoms with van der Waals surface area (Å²) in [4.78, 5) is 12.3. The topological polar surface area (TPSA) is 76.4 Å². The molecule has 2 N–H and O–H groups in total. The van der Waals surface area contributed by atoms with E-state index in [1.165, 1.54) is 0 Å². The molecule has 6 nitrogen and oxygen atoms in total. The summed E-state index contributed by atoms with van der Waals surface area (Å²) in [5.74, 6) is -0.282. The van der Waals surface area contributed by atoms with Crippen LogP contribution in [0.5, 0.6) is 0 Å². The zero-order chi connectivity index (χ0) is 16.3. The molecule has 0 unspecified atom stereocenters. The van der Waals surface area contributed by atoms with Gasteiger partial charge in [0, 0.05) is 18.2 Å². The van der Waals surface area contributed by atoms with Gasteiger partial charge in [-0.15, -0.1) is 0 Å².